The van der Waals surface area contributed by atoms with Crippen molar-refractivity contribution in [1.29, 1.82) is 0 Å². The zero-order valence-corrected chi connectivity index (χ0v) is 8.20. The highest BCUT2D eigenvalue weighted by atomic mass is 16.3. The summed E-state index contributed by atoms with van der Waals surface area (Å²) in [7, 11) is 1.92. The first-order valence-electron chi connectivity index (χ1n) is 4.69. The molecule has 74 valence electrons. The van der Waals surface area contributed by atoms with E-state index in [1.54, 1.807) is 0 Å². The molecule has 1 aromatic heterocycles. The number of rotatable bonds is 3. The first kappa shape index (κ1) is 9.24. The topological polar surface area (TPSA) is 37.2 Å². The molecule has 0 atom stereocenters. The van der Waals surface area contributed by atoms with Crippen molar-refractivity contribution in [3.05, 3.63) is 36.0 Å². The van der Waals surface area contributed by atoms with Gasteiger partial charge in [-0.1, -0.05) is 12.1 Å². The van der Waals surface area contributed by atoms with Gasteiger partial charge < -0.3 is 15.0 Å². The lowest BCUT2D eigenvalue weighted by atomic mass is 10.1. The van der Waals surface area contributed by atoms with Gasteiger partial charge in [-0.05, 0) is 24.7 Å². The van der Waals surface area contributed by atoms with E-state index < -0.39 is 0 Å². The summed E-state index contributed by atoms with van der Waals surface area (Å²) >= 11 is 0. The second kappa shape index (κ2) is 3.82. The van der Waals surface area contributed by atoms with Gasteiger partial charge in [0.1, 0.15) is 0 Å². The monoisotopic (exact) mass is 190 g/mol. The molecule has 0 radical (unpaired) electrons. The predicted octanol–water partition coefficient (Wildman–Crippen LogP) is 1.31. The Morgan fingerprint density at radius 1 is 1.36 bits per heavy atom. The third-order valence-corrected chi connectivity index (χ3v) is 2.40. The molecule has 0 saturated heterocycles. The summed E-state index contributed by atoms with van der Waals surface area (Å²) in [6.07, 6.45) is 2.03. The van der Waals surface area contributed by atoms with Crippen LogP contribution in [0.3, 0.4) is 0 Å². The minimum absolute atomic E-state index is 0.0981. The van der Waals surface area contributed by atoms with Gasteiger partial charge in [-0.25, -0.2) is 0 Å². The predicted molar refractivity (Wildman–Crippen MR) is 56.9 cm³/mol. The highest BCUT2D eigenvalue weighted by molar-refractivity contribution is 5.83. The van der Waals surface area contributed by atoms with Gasteiger partial charge in [-0.3, -0.25) is 0 Å². The lowest BCUT2D eigenvalue weighted by molar-refractivity contribution is 0.283. The molecule has 0 aliphatic carbocycles. The van der Waals surface area contributed by atoms with E-state index in [-0.39, 0.29) is 6.61 Å². The van der Waals surface area contributed by atoms with Crippen molar-refractivity contribution in [3.63, 3.8) is 0 Å². The lowest BCUT2D eigenvalue weighted by Crippen LogP contribution is -2.11. The Bertz CT molecular complexity index is 434. The number of nitrogens with zero attached hydrogens (tertiary/aromatic N) is 1. The first-order chi connectivity index (χ1) is 6.86. The number of aliphatic hydroxyl groups excluding tert-OH is 1. The Labute approximate surface area is 83.0 Å². The smallest absolute Gasteiger partial charge is 0.0723 e. The average molecular weight is 190 g/mol. The SMILES string of the molecule is CNCn1ccc2c(CO)cccc21. The first-order valence-corrected chi connectivity index (χ1v) is 4.69. The fourth-order valence-electron chi connectivity index (χ4n) is 1.73. The summed E-state index contributed by atoms with van der Waals surface area (Å²) in [6, 6.07) is 8.02. The van der Waals surface area contributed by atoms with Crippen molar-refractivity contribution in [2.45, 2.75) is 13.3 Å². The fraction of sp³-hybridized carbons (Fsp3) is 0.273. The zero-order valence-electron chi connectivity index (χ0n) is 8.20. The highest BCUT2D eigenvalue weighted by Crippen LogP contribution is 2.19. The largest absolute Gasteiger partial charge is 0.392 e. The molecule has 14 heavy (non-hydrogen) atoms. The van der Waals surface area contributed by atoms with Gasteiger partial charge in [0.05, 0.1) is 13.3 Å². The quantitative estimate of drug-likeness (QED) is 0.765. The summed E-state index contributed by atoms with van der Waals surface area (Å²) in [5.41, 5.74) is 2.14. The molecule has 3 heteroatoms. The van der Waals surface area contributed by atoms with Crippen LogP contribution >= 0.6 is 0 Å². The van der Waals surface area contributed by atoms with Gasteiger partial charge in [0.25, 0.3) is 0 Å². The molecule has 1 aromatic carbocycles. The van der Waals surface area contributed by atoms with Crippen LogP contribution in [0.5, 0.6) is 0 Å². The van der Waals surface area contributed by atoms with Crippen LogP contribution in [0, 0.1) is 0 Å². The maximum atomic E-state index is 9.15. The maximum Gasteiger partial charge on any atom is 0.0723 e. The third-order valence-electron chi connectivity index (χ3n) is 2.40. The van der Waals surface area contributed by atoms with Crippen LogP contribution in [0.4, 0.5) is 0 Å². The molecule has 2 aromatic rings. The molecule has 2 rings (SSSR count). The summed E-state index contributed by atoms with van der Waals surface area (Å²) in [4.78, 5) is 0. The van der Waals surface area contributed by atoms with Crippen LogP contribution in [-0.4, -0.2) is 16.7 Å². The molecule has 0 spiro atoms. The van der Waals surface area contributed by atoms with E-state index in [1.165, 1.54) is 0 Å². The van der Waals surface area contributed by atoms with E-state index in [0.717, 1.165) is 23.1 Å². The Hall–Kier alpha value is -1.32. The Balaban J connectivity index is 2.57. The maximum absolute atomic E-state index is 9.15. The van der Waals surface area contributed by atoms with Gasteiger partial charge in [0, 0.05) is 17.1 Å². The van der Waals surface area contributed by atoms with Crippen LogP contribution in [-0.2, 0) is 13.3 Å². The van der Waals surface area contributed by atoms with Crippen LogP contribution in [0.15, 0.2) is 30.5 Å². The number of aliphatic hydroxyl groups is 1. The molecule has 0 aliphatic rings. The van der Waals surface area contributed by atoms with Crippen LogP contribution in [0.25, 0.3) is 10.9 Å². The van der Waals surface area contributed by atoms with Crippen LogP contribution in [0.2, 0.25) is 0 Å². The zero-order chi connectivity index (χ0) is 9.97. The van der Waals surface area contributed by atoms with E-state index >= 15 is 0 Å². The fourth-order valence-corrected chi connectivity index (χ4v) is 1.73. The Morgan fingerprint density at radius 3 is 2.93 bits per heavy atom. The van der Waals surface area contributed by atoms with E-state index in [0.29, 0.717) is 0 Å². The number of aromatic nitrogens is 1. The summed E-state index contributed by atoms with van der Waals surface area (Å²) in [5, 5.41) is 13.4. The molecule has 0 unspecified atom stereocenters. The normalized spacial score (nSPS) is 11.0. The summed E-state index contributed by atoms with van der Waals surface area (Å²) < 4.78 is 2.12. The molecular weight excluding hydrogens is 176 g/mol. The molecule has 2 N–H and O–H groups in total. The highest BCUT2D eigenvalue weighted by Gasteiger charge is 2.03. The lowest BCUT2D eigenvalue weighted by Gasteiger charge is -2.04. The van der Waals surface area contributed by atoms with E-state index in [1.807, 2.05) is 31.4 Å². The van der Waals surface area contributed by atoms with Gasteiger partial charge in [-0.15, -0.1) is 0 Å². The van der Waals surface area contributed by atoms with E-state index in [4.69, 9.17) is 5.11 Å². The van der Waals surface area contributed by atoms with Crippen molar-refractivity contribution in [1.82, 2.24) is 9.88 Å². The number of nitrogens with one attached hydrogen (secondary N) is 1. The molecule has 0 aliphatic heterocycles. The van der Waals surface area contributed by atoms with Crippen molar-refractivity contribution in [3.8, 4) is 0 Å². The van der Waals surface area contributed by atoms with Crippen molar-refractivity contribution < 1.29 is 5.11 Å². The minimum atomic E-state index is 0.0981. The molecule has 3 nitrogen and oxygen atoms in total. The minimum Gasteiger partial charge on any atom is -0.392 e. The van der Waals surface area contributed by atoms with Gasteiger partial charge in [0.15, 0.2) is 0 Å². The number of hydrogen-bond donors (Lipinski definition) is 2. The van der Waals surface area contributed by atoms with Gasteiger partial charge >= 0.3 is 0 Å². The van der Waals surface area contributed by atoms with Crippen LogP contribution in [0.1, 0.15) is 5.56 Å². The molecule has 0 fully saturated rings. The molecule has 1 heterocycles. The summed E-state index contributed by atoms with van der Waals surface area (Å²) in [5.74, 6) is 0. The Kier molecular flexibility index (Phi) is 2.52. The van der Waals surface area contributed by atoms with E-state index in [2.05, 4.69) is 16.0 Å². The molecule has 0 amide bonds. The van der Waals surface area contributed by atoms with Crippen LogP contribution < -0.4 is 5.32 Å². The standard InChI is InChI=1S/C11H14N2O/c1-12-8-13-6-5-10-9(7-14)3-2-4-11(10)13/h2-6,12,14H,7-8H2,1H3. The second-order valence-electron chi connectivity index (χ2n) is 3.31. The summed E-state index contributed by atoms with van der Waals surface area (Å²) in [6.45, 7) is 0.888. The van der Waals surface area contributed by atoms with Crippen molar-refractivity contribution in [2.24, 2.45) is 0 Å². The third kappa shape index (κ3) is 1.41. The number of fused-ring (bicyclic) bond motifs is 1. The molecule has 0 saturated carbocycles. The van der Waals surface area contributed by atoms with Crippen molar-refractivity contribution in [2.75, 3.05) is 7.05 Å². The Morgan fingerprint density at radius 2 is 2.21 bits per heavy atom. The van der Waals surface area contributed by atoms with Gasteiger partial charge in [-0.2, -0.15) is 0 Å². The van der Waals surface area contributed by atoms with Crippen molar-refractivity contribution >= 4 is 10.9 Å². The number of hydrogen-bond acceptors (Lipinski definition) is 2. The number of benzene rings is 1. The van der Waals surface area contributed by atoms with E-state index in [9.17, 15) is 0 Å². The molecular formula is C11H14N2O. The molecule has 0 bridgehead atoms. The average Bonchev–Trinajstić information content (AvgIpc) is 2.62. The van der Waals surface area contributed by atoms with Gasteiger partial charge in [0.2, 0.25) is 0 Å². The second-order valence-corrected chi connectivity index (χ2v) is 3.31.